The summed E-state index contributed by atoms with van der Waals surface area (Å²) in [6.45, 7) is 0. The van der Waals surface area contributed by atoms with Crippen LogP contribution in [0.3, 0.4) is 0 Å². The van der Waals surface area contributed by atoms with Crippen LogP contribution in [0.2, 0.25) is 0 Å². The Bertz CT molecular complexity index is 4850. The van der Waals surface area contributed by atoms with E-state index in [0.717, 1.165) is 79.4 Å². The fraction of sp³-hybridized carbons (Fsp3) is 0. The predicted octanol–water partition coefficient (Wildman–Crippen LogP) is 26.2. The highest BCUT2D eigenvalue weighted by Gasteiger charge is 2.18. The van der Waals surface area contributed by atoms with Crippen LogP contribution in [0.4, 0.5) is 68.2 Å². The van der Waals surface area contributed by atoms with Gasteiger partial charge in [0.05, 0.1) is 0 Å². The van der Waals surface area contributed by atoms with Gasteiger partial charge < -0.3 is 19.6 Å². The Morgan fingerprint density at radius 3 is 0.385 bits per heavy atom. The molecule has 0 aliphatic carbocycles. The molecule has 0 heterocycles. The lowest BCUT2D eigenvalue weighted by atomic mass is 9.97. The molecule has 0 saturated heterocycles. The normalized spacial score (nSPS) is 11.1. The molecule has 0 amide bonds. The van der Waals surface area contributed by atoms with Crippen molar-refractivity contribution in [2.45, 2.75) is 0 Å². The molecular weight excluding hydrogens is 1160 g/mol. The second-order valence-electron chi connectivity index (χ2n) is 24.2. The first kappa shape index (κ1) is 58.3. The Labute approximate surface area is 562 Å². The van der Waals surface area contributed by atoms with Crippen molar-refractivity contribution < 1.29 is 0 Å². The molecule has 16 aromatic carbocycles. The Kier molecular flexibility index (Phi) is 16.1. The smallest absolute Gasteiger partial charge is 0.0462 e. The molecule has 16 rings (SSSR count). The molecule has 0 radical (unpaired) electrons. The molecule has 454 valence electrons. The van der Waals surface area contributed by atoms with E-state index in [9.17, 15) is 0 Å². The maximum Gasteiger partial charge on any atom is 0.0462 e. The second-order valence-corrected chi connectivity index (χ2v) is 24.2. The van der Waals surface area contributed by atoms with Gasteiger partial charge in [-0.15, -0.1) is 0 Å². The Hall–Kier alpha value is -12.8. The summed E-state index contributed by atoms with van der Waals surface area (Å²) in [7, 11) is 0. The van der Waals surface area contributed by atoms with E-state index in [0.29, 0.717) is 0 Å². The van der Waals surface area contributed by atoms with Crippen LogP contribution in [0.1, 0.15) is 0 Å². The van der Waals surface area contributed by atoms with Crippen LogP contribution < -0.4 is 19.6 Å². The van der Waals surface area contributed by atoms with Gasteiger partial charge in [-0.05, 0) is 247 Å². The first-order valence-electron chi connectivity index (χ1n) is 32.8. The van der Waals surface area contributed by atoms with Crippen LogP contribution in [-0.2, 0) is 0 Å². The zero-order chi connectivity index (χ0) is 64.0. The van der Waals surface area contributed by atoms with Crippen molar-refractivity contribution in [2.75, 3.05) is 19.6 Å². The number of fused-ring (bicyclic) bond motifs is 2. The van der Waals surface area contributed by atoms with E-state index in [1.165, 1.54) is 66.1 Å². The second kappa shape index (κ2) is 26.5. The molecule has 0 aliphatic heterocycles. The van der Waals surface area contributed by atoms with Crippen LogP contribution >= 0.6 is 0 Å². The number of hydrogen-bond donors (Lipinski definition) is 0. The van der Waals surface area contributed by atoms with Gasteiger partial charge in [-0.25, -0.2) is 0 Å². The Morgan fingerprint density at radius 2 is 0.229 bits per heavy atom. The summed E-state index contributed by atoms with van der Waals surface area (Å²) in [6, 6.07) is 144. The van der Waals surface area contributed by atoms with Crippen molar-refractivity contribution in [3.8, 4) is 55.6 Å². The molecule has 0 unspecified atom stereocenters. The summed E-state index contributed by atoms with van der Waals surface area (Å²) in [5.41, 5.74) is 25.0. The number of anilines is 12. The van der Waals surface area contributed by atoms with Crippen LogP contribution in [0.25, 0.3) is 77.2 Å². The lowest BCUT2D eigenvalue weighted by Crippen LogP contribution is -2.10. The van der Waals surface area contributed by atoms with Gasteiger partial charge in [0.25, 0.3) is 0 Å². The molecule has 16 aromatic rings. The van der Waals surface area contributed by atoms with Gasteiger partial charge in [0.2, 0.25) is 0 Å². The third kappa shape index (κ3) is 12.2. The van der Waals surface area contributed by atoms with E-state index in [-0.39, 0.29) is 0 Å². The topological polar surface area (TPSA) is 13.0 Å². The maximum atomic E-state index is 2.33. The summed E-state index contributed by atoms with van der Waals surface area (Å²) in [6.07, 6.45) is 0. The van der Waals surface area contributed by atoms with Crippen LogP contribution in [0, 0.1) is 0 Å². The quantitative estimate of drug-likeness (QED) is 0.0901. The standard InChI is InChI=1S/C92H66N4/c1-7-19-81(20-8-1)93(82-21-9-2-10-22-82)87-55-43-69(44-56-87)73-31-35-79-65-75(33-37-77(79)63-73)71-47-59-91(60-48-71)95(85-27-15-5-16-28-85)89-51-39-67(40-52-89)68-41-53-90(54-42-68)96(86-29-17-6-18-30-86)92-61-49-72(50-62-92)76-34-38-78-64-74(32-36-80(78)66-76)70-45-57-88(58-46-70)94(83-23-11-3-12-24-83)84-25-13-4-14-26-84/h1-66H. The number of benzene rings is 16. The molecule has 0 saturated carbocycles. The van der Waals surface area contributed by atoms with Crippen LogP contribution in [0.5, 0.6) is 0 Å². The summed E-state index contributed by atoms with van der Waals surface area (Å²) >= 11 is 0. The molecule has 0 atom stereocenters. The van der Waals surface area contributed by atoms with Gasteiger partial charge >= 0.3 is 0 Å². The van der Waals surface area contributed by atoms with E-state index >= 15 is 0 Å². The molecule has 0 fully saturated rings. The summed E-state index contributed by atoms with van der Waals surface area (Å²) in [5, 5.41) is 4.83. The Balaban J connectivity index is 0.603. The van der Waals surface area contributed by atoms with E-state index in [4.69, 9.17) is 0 Å². The first-order valence-corrected chi connectivity index (χ1v) is 32.8. The third-order valence-electron chi connectivity index (χ3n) is 18.2. The van der Waals surface area contributed by atoms with Gasteiger partial charge in [-0.1, -0.05) is 231 Å². The van der Waals surface area contributed by atoms with Crippen molar-refractivity contribution in [3.63, 3.8) is 0 Å². The van der Waals surface area contributed by atoms with Gasteiger partial charge in [-0.3, -0.25) is 0 Å². The highest BCUT2D eigenvalue weighted by atomic mass is 15.2. The molecule has 0 aromatic heterocycles. The minimum Gasteiger partial charge on any atom is -0.311 e. The third-order valence-corrected chi connectivity index (χ3v) is 18.2. The van der Waals surface area contributed by atoms with Crippen molar-refractivity contribution in [1.82, 2.24) is 0 Å². The average Bonchev–Trinajstić information content (AvgIpc) is 0.921. The minimum absolute atomic E-state index is 1.08. The maximum absolute atomic E-state index is 2.33. The largest absolute Gasteiger partial charge is 0.311 e. The summed E-state index contributed by atoms with van der Waals surface area (Å²) < 4.78 is 0. The molecule has 4 heteroatoms. The zero-order valence-corrected chi connectivity index (χ0v) is 52.9. The fourth-order valence-corrected chi connectivity index (χ4v) is 13.3. The number of rotatable bonds is 17. The minimum atomic E-state index is 1.08. The van der Waals surface area contributed by atoms with E-state index in [1.54, 1.807) is 0 Å². The predicted molar refractivity (Wildman–Crippen MR) is 407 cm³/mol. The molecular formula is C92H66N4. The van der Waals surface area contributed by atoms with Gasteiger partial charge in [0, 0.05) is 68.2 Å². The molecule has 0 bridgehead atoms. The van der Waals surface area contributed by atoms with E-state index in [1.807, 2.05) is 0 Å². The van der Waals surface area contributed by atoms with E-state index in [2.05, 4.69) is 420 Å². The molecule has 96 heavy (non-hydrogen) atoms. The van der Waals surface area contributed by atoms with Crippen molar-refractivity contribution in [2.24, 2.45) is 0 Å². The number of hydrogen-bond acceptors (Lipinski definition) is 4. The van der Waals surface area contributed by atoms with Gasteiger partial charge in [0.1, 0.15) is 0 Å². The highest BCUT2D eigenvalue weighted by molar-refractivity contribution is 5.94. The van der Waals surface area contributed by atoms with E-state index < -0.39 is 0 Å². The van der Waals surface area contributed by atoms with Crippen molar-refractivity contribution in [3.05, 3.63) is 400 Å². The molecule has 0 spiro atoms. The van der Waals surface area contributed by atoms with Crippen molar-refractivity contribution in [1.29, 1.82) is 0 Å². The van der Waals surface area contributed by atoms with Crippen molar-refractivity contribution >= 4 is 89.8 Å². The van der Waals surface area contributed by atoms with Crippen LogP contribution in [-0.4, -0.2) is 0 Å². The fourth-order valence-electron chi connectivity index (χ4n) is 13.3. The first-order chi connectivity index (χ1) is 47.6. The molecule has 0 aliphatic rings. The molecule has 0 N–H and O–H groups in total. The van der Waals surface area contributed by atoms with Gasteiger partial charge in [0.15, 0.2) is 0 Å². The lowest BCUT2D eigenvalue weighted by Gasteiger charge is -2.26. The summed E-state index contributed by atoms with van der Waals surface area (Å²) in [4.78, 5) is 9.26. The SMILES string of the molecule is c1ccc(N(c2ccccc2)c2ccc(-c3ccc4cc(-c5ccc(N(c6ccccc6)c6ccc(-c7ccc(N(c8ccccc8)c8ccc(-c9ccc%10cc(-c%11ccc(N(c%12ccccc%12)c%12ccccc%12)cc%11)ccc%10c9)cc8)cc7)cc6)cc5)ccc4c3)cc2)cc1. The van der Waals surface area contributed by atoms with Crippen LogP contribution in [0.15, 0.2) is 400 Å². The number of nitrogens with zero attached hydrogens (tertiary/aromatic N) is 4. The number of para-hydroxylation sites is 6. The average molecular weight is 1230 g/mol. The monoisotopic (exact) mass is 1230 g/mol. The lowest BCUT2D eigenvalue weighted by molar-refractivity contribution is 1.28. The van der Waals surface area contributed by atoms with Gasteiger partial charge in [-0.2, -0.15) is 0 Å². The zero-order valence-electron chi connectivity index (χ0n) is 52.9. The summed E-state index contributed by atoms with van der Waals surface area (Å²) in [5.74, 6) is 0. The highest BCUT2D eigenvalue weighted by Crippen LogP contribution is 2.43. The molecule has 4 nitrogen and oxygen atoms in total. The Morgan fingerprint density at radius 1 is 0.104 bits per heavy atom.